The number of hydrogen-bond donors (Lipinski definition) is 0. The molecule has 0 unspecified atom stereocenters. The van der Waals surface area contributed by atoms with Crippen LogP contribution in [0.25, 0.3) is 10.2 Å². The van der Waals surface area contributed by atoms with E-state index in [1.807, 2.05) is 55.5 Å². The SMILES string of the molecule is Cc1cccc2sc(N(Cc3ccccc3)C(=O)c3ccc([N+](=O)[O-])s3)nc12. The van der Waals surface area contributed by atoms with Gasteiger partial charge < -0.3 is 0 Å². The largest absolute Gasteiger partial charge is 0.324 e. The van der Waals surface area contributed by atoms with Gasteiger partial charge in [0.25, 0.3) is 5.91 Å². The zero-order valence-electron chi connectivity index (χ0n) is 14.9. The zero-order chi connectivity index (χ0) is 19.7. The average molecular weight is 409 g/mol. The molecule has 0 N–H and O–H groups in total. The lowest BCUT2D eigenvalue weighted by molar-refractivity contribution is -0.380. The molecule has 0 aliphatic rings. The van der Waals surface area contributed by atoms with E-state index in [1.165, 1.54) is 23.5 Å². The number of nitro groups is 1. The number of carbonyl (C=O) groups is 1. The minimum Gasteiger partial charge on any atom is -0.279 e. The predicted octanol–water partition coefficient (Wildman–Crippen LogP) is 5.42. The molecule has 0 aliphatic carbocycles. The molecule has 28 heavy (non-hydrogen) atoms. The van der Waals surface area contributed by atoms with Gasteiger partial charge in [-0.05, 0) is 30.2 Å². The molecule has 1 amide bonds. The fourth-order valence-corrected chi connectivity index (χ4v) is 4.67. The van der Waals surface area contributed by atoms with E-state index in [4.69, 9.17) is 4.98 Å². The van der Waals surface area contributed by atoms with Gasteiger partial charge in [-0.2, -0.15) is 0 Å². The van der Waals surface area contributed by atoms with Crippen molar-refractivity contribution in [1.82, 2.24) is 4.98 Å². The van der Waals surface area contributed by atoms with Crippen molar-refractivity contribution in [2.24, 2.45) is 0 Å². The van der Waals surface area contributed by atoms with Crippen molar-refractivity contribution >= 4 is 48.9 Å². The number of thiophene rings is 1. The number of rotatable bonds is 5. The van der Waals surface area contributed by atoms with Crippen LogP contribution in [0.5, 0.6) is 0 Å². The van der Waals surface area contributed by atoms with E-state index in [1.54, 1.807) is 4.90 Å². The Morgan fingerprint density at radius 2 is 1.86 bits per heavy atom. The van der Waals surface area contributed by atoms with Crippen molar-refractivity contribution in [3.63, 3.8) is 0 Å². The third-order valence-electron chi connectivity index (χ3n) is 4.25. The fraction of sp³-hybridized carbons (Fsp3) is 0.100. The highest BCUT2D eigenvalue weighted by atomic mass is 32.1. The lowest BCUT2D eigenvalue weighted by atomic mass is 10.2. The second-order valence-corrected chi connectivity index (χ2v) is 8.26. The molecule has 2 heterocycles. The number of amides is 1. The number of carbonyl (C=O) groups excluding carboxylic acids is 1. The Labute approximate surface area is 168 Å². The second kappa shape index (κ2) is 7.49. The van der Waals surface area contributed by atoms with E-state index in [9.17, 15) is 14.9 Å². The van der Waals surface area contributed by atoms with Gasteiger partial charge in [0.2, 0.25) is 0 Å². The number of fused-ring (bicyclic) bond motifs is 1. The Balaban J connectivity index is 1.77. The molecular formula is C20H15N3O3S2. The molecule has 0 spiro atoms. The second-order valence-electron chi connectivity index (χ2n) is 6.19. The summed E-state index contributed by atoms with van der Waals surface area (Å²) in [6.45, 7) is 2.32. The van der Waals surface area contributed by atoms with Crippen LogP contribution in [0.4, 0.5) is 10.1 Å². The third-order valence-corrected chi connectivity index (χ3v) is 6.32. The van der Waals surface area contributed by atoms with Gasteiger partial charge in [0.1, 0.15) is 0 Å². The molecule has 0 bridgehead atoms. The molecule has 8 heteroatoms. The normalized spacial score (nSPS) is 10.9. The standard InChI is InChI=1S/C20H15N3O3S2/c1-13-6-5-9-15-18(13)21-20(28-15)22(12-14-7-3-2-4-8-14)19(24)16-10-11-17(27-16)23(25)26/h2-11H,12H2,1H3. The summed E-state index contributed by atoms with van der Waals surface area (Å²) < 4.78 is 0.998. The van der Waals surface area contributed by atoms with Crippen molar-refractivity contribution in [3.8, 4) is 0 Å². The van der Waals surface area contributed by atoms with Crippen molar-refractivity contribution in [2.45, 2.75) is 13.5 Å². The number of aromatic nitrogens is 1. The maximum atomic E-state index is 13.2. The van der Waals surface area contributed by atoms with Crippen LogP contribution < -0.4 is 4.90 Å². The molecule has 0 radical (unpaired) electrons. The van der Waals surface area contributed by atoms with E-state index in [0.717, 1.165) is 32.7 Å². The van der Waals surface area contributed by atoms with Crippen LogP contribution in [-0.4, -0.2) is 15.8 Å². The summed E-state index contributed by atoms with van der Waals surface area (Å²) in [7, 11) is 0. The van der Waals surface area contributed by atoms with Gasteiger partial charge in [0.15, 0.2) is 5.13 Å². The highest BCUT2D eigenvalue weighted by Crippen LogP contribution is 2.34. The minimum absolute atomic E-state index is 0.0526. The van der Waals surface area contributed by atoms with E-state index < -0.39 is 4.92 Å². The molecule has 2 aromatic carbocycles. The van der Waals surface area contributed by atoms with Gasteiger partial charge in [-0.1, -0.05) is 65.1 Å². The van der Waals surface area contributed by atoms with Crippen molar-refractivity contribution in [3.05, 3.63) is 86.8 Å². The first-order chi connectivity index (χ1) is 13.5. The van der Waals surface area contributed by atoms with E-state index in [0.29, 0.717) is 16.6 Å². The summed E-state index contributed by atoms with van der Waals surface area (Å²) in [6.07, 6.45) is 0. The van der Waals surface area contributed by atoms with Crippen molar-refractivity contribution < 1.29 is 9.72 Å². The van der Waals surface area contributed by atoms with Gasteiger partial charge in [-0.25, -0.2) is 4.98 Å². The van der Waals surface area contributed by atoms with Gasteiger partial charge in [-0.15, -0.1) is 0 Å². The fourth-order valence-electron chi connectivity index (χ4n) is 2.86. The van der Waals surface area contributed by atoms with Crippen molar-refractivity contribution in [1.29, 1.82) is 0 Å². The summed E-state index contributed by atoms with van der Waals surface area (Å²) in [5.41, 5.74) is 2.86. The van der Waals surface area contributed by atoms with E-state index in [2.05, 4.69) is 0 Å². The lowest BCUT2D eigenvalue weighted by Gasteiger charge is -2.19. The van der Waals surface area contributed by atoms with Gasteiger partial charge in [0, 0.05) is 6.07 Å². The predicted molar refractivity (Wildman–Crippen MR) is 112 cm³/mol. The molecule has 4 rings (SSSR count). The van der Waals surface area contributed by atoms with E-state index >= 15 is 0 Å². The Kier molecular flexibility index (Phi) is 4.89. The molecule has 0 fully saturated rings. The van der Waals surface area contributed by atoms with Gasteiger partial charge in [0.05, 0.1) is 26.6 Å². The first kappa shape index (κ1) is 18.3. The molecule has 0 saturated carbocycles. The number of benzene rings is 2. The first-order valence-corrected chi connectivity index (χ1v) is 10.1. The zero-order valence-corrected chi connectivity index (χ0v) is 16.5. The van der Waals surface area contributed by atoms with Crippen LogP contribution in [0, 0.1) is 17.0 Å². The minimum atomic E-state index is -0.482. The molecule has 0 saturated heterocycles. The van der Waals surface area contributed by atoms with Crippen LogP contribution in [0.1, 0.15) is 20.8 Å². The Bertz CT molecular complexity index is 1170. The molecular weight excluding hydrogens is 394 g/mol. The van der Waals surface area contributed by atoms with Crippen molar-refractivity contribution in [2.75, 3.05) is 4.90 Å². The highest BCUT2D eigenvalue weighted by Gasteiger charge is 2.25. The van der Waals surface area contributed by atoms with E-state index in [-0.39, 0.29) is 10.9 Å². The molecule has 2 aromatic heterocycles. The maximum Gasteiger partial charge on any atom is 0.324 e. The molecule has 4 aromatic rings. The Morgan fingerprint density at radius 1 is 1.07 bits per heavy atom. The van der Waals surface area contributed by atoms with Gasteiger partial charge >= 0.3 is 5.00 Å². The number of aryl methyl sites for hydroxylation is 1. The Hall–Kier alpha value is -3.10. The third kappa shape index (κ3) is 3.51. The number of anilines is 1. The quantitative estimate of drug-likeness (QED) is 0.326. The summed E-state index contributed by atoms with van der Waals surface area (Å²) in [5, 5.41) is 11.5. The van der Waals surface area contributed by atoms with Gasteiger partial charge in [-0.3, -0.25) is 19.8 Å². The topological polar surface area (TPSA) is 76.3 Å². The first-order valence-electron chi connectivity index (χ1n) is 8.49. The molecule has 140 valence electrons. The molecule has 6 nitrogen and oxygen atoms in total. The number of para-hydroxylation sites is 1. The Morgan fingerprint density at radius 3 is 2.54 bits per heavy atom. The number of hydrogen-bond acceptors (Lipinski definition) is 6. The summed E-state index contributed by atoms with van der Waals surface area (Å²) in [5.74, 6) is -0.293. The van der Waals surface area contributed by atoms with Crippen LogP contribution in [0.2, 0.25) is 0 Å². The maximum absolute atomic E-state index is 13.2. The van der Waals surface area contributed by atoms with Crippen LogP contribution in [0.15, 0.2) is 60.7 Å². The highest BCUT2D eigenvalue weighted by molar-refractivity contribution is 7.22. The van der Waals surface area contributed by atoms with Crippen LogP contribution in [-0.2, 0) is 6.54 Å². The summed E-state index contributed by atoms with van der Waals surface area (Å²) in [6, 6.07) is 18.4. The average Bonchev–Trinajstić information content (AvgIpc) is 3.34. The summed E-state index contributed by atoms with van der Waals surface area (Å²) >= 11 is 2.32. The molecule has 0 aliphatic heterocycles. The smallest absolute Gasteiger partial charge is 0.279 e. The van der Waals surface area contributed by atoms with Crippen LogP contribution >= 0.6 is 22.7 Å². The summed E-state index contributed by atoms with van der Waals surface area (Å²) in [4.78, 5) is 30.4. The lowest BCUT2D eigenvalue weighted by Crippen LogP contribution is -2.29. The van der Waals surface area contributed by atoms with Crippen LogP contribution in [0.3, 0.4) is 0 Å². The number of thiazole rings is 1. The monoisotopic (exact) mass is 409 g/mol. The number of nitrogens with zero attached hydrogens (tertiary/aromatic N) is 3. The molecule has 0 atom stereocenters.